The van der Waals surface area contributed by atoms with Crippen molar-refractivity contribution in [2.24, 2.45) is 0 Å². The van der Waals surface area contributed by atoms with Crippen molar-refractivity contribution in [2.75, 3.05) is 6.54 Å². The van der Waals surface area contributed by atoms with Crippen molar-refractivity contribution in [1.82, 2.24) is 5.32 Å². The zero-order valence-electron chi connectivity index (χ0n) is 11.0. The standard InChI is InChI=1S/C12H16ClNO4S2/c1-8-2-4-10(18-8)12(15)14-7-6-9-3-5-11(19-9)20(13,16)17/h3,5,8,10H,2,4,6-7H2,1H3,(H,14,15). The first-order valence-corrected chi connectivity index (χ1v) is 9.45. The molecule has 0 saturated carbocycles. The number of carbonyl (C=O) groups excluding carboxylic acids is 1. The van der Waals surface area contributed by atoms with Gasteiger partial charge in [0, 0.05) is 22.1 Å². The number of hydrogen-bond acceptors (Lipinski definition) is 5. The van der Waals surface area contributed by atoms with Crippen LogP contribution in [0.15, 0.2) is 16.3 Å². The number of hydrogen-bond donors (Lipinski definition) is 1. The Bertz CT molecular complexity index is 584. The fourth-order valence-corrected chi connectivity index (χ4v) is 4.16. The van der Waals surface area contributed by atoms with Crippen molar-refractivity contribution >= 4 is 37.0 Å². The van der Waals surface area contributed by atoms with Gasteiger partial charge in [-0.15, -0.1) is 11.3 Å². The second-order valence-electron chi connectivity index (χ2n) is 4.71. The molecule has 0 spiro atoms. The van der Waals surface area contributed by atoms with Crippen LogP contribution in [0.5, 0.6) is 0 Å². The Morgan fingerprint density at radius 1 is 1.50 bits per heavy atom. The predicted molar refractivity (Wildman–Crippen MR) is 77.6 cm³/mol. The van der Waals surface area contributed by atoms with Gasteiger partial charge in [-0.25, -0.2) is 8.42 Å². The van der Waals surface area contributed by atoms with Crippen LogP contribution < -0.4 is 5.32 Å². The molecular weight excluding hydrogens is 322 g/mol. The SMILES string of the molecule is CC1CCC(C(=O)NCCc2ccc(S(=O)(=O)Cl)s2)O1. The number of carbonyl (C=O) groups is 1. The molecule has 1 aromatic heterocycles. The highest BCUT2D eigenvalue weighted by atomic mass is 35.7. The van der Waals surface area contributed by atoms with Crippen LogP contribution >= 0.6 is 22.0 Å². The first-order chi connectivity index (χ1) is 9.36. The summed E-state index contributed by atoms with van der Waals surface area (Å²) in [6.07, 6.45) is 2.01. The normalized spacial score (nSPS) is 22.9. The van der Waals surface area contributed by atoms with Crippen molar-refractivity contribution in [3.63, 3.8) is 0 Å². The summed E-state index contributed by atoms with van der Waals surface area (Å²) in [7, 11) is 1.59. The molecule has 8 heteroatoms. The van der Waals surface area contributed by atoms with E-state index < -0.39 is 9.05 Å². The number of thiophene rings is 1. The van der Waals surface area contributed by atoms with E-state index in [1.54, 1.807) is 6.07 Å². The van der Waals surface area contributed by atoms with Crippen molar-refractivity contribution in [1.29, 1.82) is 0 Å². The monoisotopic (exact) mass is 337 g/mol. The zero-order valence-corrected chi connectivity index (χ0v) is 13.4. The summed E-state index contributed by atoms with van der Waals surface area (Å²) in [6.45, 7) is 2.41. The van der Waals surface area contributed by atoms with Gasteiger partial charge in [-0.3, -0.25) is 4.79 Å². The summed E-state index contributed by atoms with van der Waals surface area (Å²) in [5, 5.41) is 2.80. The minimum absolute atomic E-state index is 0.101. The van der Waals surface area contributed by atoms with Crippen LogP contribution in [-0.2, 0) is 25.0 Å². The van der Waals surface area contributed by atoms with Crippen molar-refractivity contribution < 1.29 is 17.9 Å². The average molecular weight is 338 g/mol. The average Bonchev–Trinajstić information content (AvgIpc) is 2.97. The maximum atomic E-state index is 11.8. The van der Waals surface area contributed by atoms with E-state index in [1.165, 1.54) is 6.07 Å². The summed E-state index contributed by atoms with van der Waals surface area (Å²) in [4.78, 5) is 12.7. The largest absolute Gasteiger partial charge is 0.365 e. The van der Waals surface area contributed by atoms with E-state index in [2.05, 4.69) is 5.32 Å². The van der Waals surface area contributed by atoms with E-state index in [9.17, 15) is 13.2 Å². The van der Waals surface area contributed by atoms with Gasteiger partial charge in [-0.1, -0.05) is 0 Å². The molecule has 1 fully saturated rings. The summed E-state index contributed by atoms with van der Waals surface area (Å²) in [5.41, 5.74) is 0. The van der Waals surface area contributed by atoms with Crippen LogP contribution in [0.3, 0.4) is 0 Å². The lowest BCUT2D eigenvalue weighted by molar-refractivity contribution is -0.131. The van der Waals surface area contributed by atoms with Gasteiger partial charge in [0.25, 0.3) is 9.05 Å². The summed E-state index contributed by atoms with van der Waals surface area (Å²) < 4.78 is 27.8. The van der Waals surface area contributed by atoms with Gasteiger partial charge in [0.05, 0.1) is 6.10 Å². The maximum Gasteiger partial charge on any atom is 0.270 e. The first kappa shape index (κ1) is 15.8. The molecular formula is C12H16ClNO4S2. The molecule has 1 N–H and O–H groups in total. The van der Waals surface area contributed by atoms with E-state index in [-0.39, 0.29) is 22.3 Å². The van der Waals surface area contributed by atoms with E-state index in [1.807, 2.05) is 6.92 Å². The Morgan fingerprint density at radius 3 is 2.80 bits per heavy atom. The van der Waals surface area contributed by atoms with Gasteiger partial charge in [0.2, 0.25) is 5.91 Å². The van der Waals surface area contributed by atoms with Gasteiger partial charge < -0.3 is 10.1 Å². The van der Waals surface area contributed by atoms with Crippen LogP contribution in [0.2, 0.25) is 0 Å². The molecule has 0 aromatic carbocycles. The van der Waals surface area contributed by atoms with Crippen LogP contribution in [0, 0.1) is 0 Å². The van der Waals surface area contributed by atoms with E-state index in [4.69, 9.17) is 15.4 Å². The fraction of sp³-hybridized carbons (Fsp3) is 0.583. The quantitative estimate of drug-likeness (QED) is 0.833. The molecule has 2 atom stereocenters. The van der Waals surface area contributed by atoms with Crippen molar-refractivity contribution in [3.8, 4) is 0 Å². The third-order valence-corrected chi connectivity index (χ3v) is 6.31. The van der Waals surface area contributed by atoms with Crippen LogP contribution in [0.1, 0.15) is 24.6 Å². The second-order valence-corrected chi connectivity index (χ2v) is 8.67. The molecule has 1 amide bonds. The Labute approximate surface area is 126 Å². The Kier molecular flexibility index (Phi) is 5.06. The number of nitrogens with one attached hydrogen (secondary N) is 1. The molecule has 5 nitrogen and oxygen atoms in total. The number of halogens is 1. The number of ether oxygens (including phenoxy) is 1. The molecule has 2 heterocycles. The molecule has 1 aliphatic heterocycles. The van der Waals surface area contributed by atoms with Crippen molar-refractivity contribution in [3.05, 3.63) is 17.0 Å². The zero-order chi connectivity index (χ0) is 14.8. The van der Waals surface area contributed by atoms with Gasteiger partial charge in [0.1, 0.15) is 10.3 Å². The van der Waals surface area contributed by atoms with E-state index >= 15 is 0 Å². The smallest absolute Gasteiger partial charge is 0.270 e. The lowest BCUT2D eigenvalue weighted by atomic mass is 10.2. The molecule has 1 aromatic rings. The van der Waals surface area contributed by atoms with Gasteiger partial charge in [-0.2, -0.15) is 0 Å². The number of amides is 1. The summed E-state index contributed by atoms with van der Waals surface area (Å²) in [5.74, 6) is -0.101. The molecule has 20 heavy (non-hydrogen) atoms. The summed E-state index contributed by atoms with van der Waals surface area (Å²) >= 11 is 1.12. The highest BCUT2D eigenvalue weighted by Gasteiger charge is 2.27. The highest BCUT2D eigenvalue weighted by molar-refractivity contribution is 8.15. The molecule has 0 aliphatic carbocycles. The summed E-state index contributed by atoms with van der Waals surface area (Å²) in [6, 6.07) is 3.19. The molecule has 0 bridgehead atoms. The maximum absolute atomic E-state index is 11.8. The fourth-order valence-electron chi connectivity index (χ4n) is 2.04. The van der Waals surface area contributed by atoms with Crippen LogP contribution in [0.25, 0.3) is 0 Å². The lowest BCUT2D eigenvalue weighted by Gasteiger charge is -2.11. The Balaban J connectivity index is 1.78. The van der Waals surface area contributed by atoms with Gasteiger partial charge in [-0.05, 0) is 38.3 Å². The molecule has 1 aliphatic rings. The third kappa shape index (κ3) is 4.18. The minimum atomic E-state index is -3.66. The molecule has 2 rings (SSSR count). The Morgan fingerprint density at radius 2 is 2.25 bits per heavy atom. The van der Waals surface area contributed by atoms with Crippen LogP contribution in [-0.4, -0.2) is 33.1 Å². The molecule has 0 radical (unpaired) electrons. The molecule has 1 saturated heterocycles. The third-order valence-electron chi connectivity index (χ3n) is 3.07. The molecule has 2 unspecified atom stereocenters. The van der Waals surface area contributed by atoms with Crippen molar-refractivity contribution in [2.45, 2.75) is 42.6 Å². The van der Waals surface area contributed by atoms with Gasteiger partial charge >= 0.3 is 0 Å². The highest BCUT2D eigenvalue weighted by Crippen LogP contribution is 2.25. The second kappa shape index (κ2) is 6.43. The van der Waals surface area contributed by atoms with E-state index in [0.29, 0.717) is 13.0 Å². The lowest BCUT2D eigenvalue weighted by Crippen LogP contribution is -2.35. The number of rotatable bonds is 5. The minimum Gasteiger partial charge on any atom is -0.365 e. The van der Waals surface area contributed by atoms with Gasteiger partial charge in [0.15, 0.2) is 0 Å². The topological polar surface area (TPSA) is 72.5 Å². The van der Waals surface area contributed by atoms with Crippen LogP contribution in [0.4, 0.5) is 0 Å². The first-order valence-electron chi connectivity index (χ1n) is 6.33. The Hall–Kier alpha value is -0.630. The predicted octanol–water partition coefficient (Wildman–Crippen LogP) is 1.90. The molecule has 112 valence electrons. The van der Waals surface area contributed by atoms with E-state index in [0.717, 1.165) is 29.1 Å².